The monoisotopic (exact) mass is 259 g/mol. The number of nitrogens with zero attached hydrogens (tertiary/aromatic N) is 2. The van der Waals surface area contributed by atoms with Crippen LogP contribution in [0.4, 0.5) is 0 Å². The summed E-state index contributed by atoms with van der Waals surface area (Å²) in [6.07, 6.45) is 0. The smallest absolute Gasteiger partial charge is 0.304 e. The molecule has 1 N–H and O–H groups in total. The predicted molar refractivity (Wildman–Crippen MR) is 70.9 cm³/mol. The Morgan fingerprint density at radius 2 is 1.94 bits per heavy atom. The highest BCUT2D eigenvalue weighted by molar-refractivity contribution is 6.29. The van der Waals surface area contributed by atoms with Gasteiger partial charge >= 0.3 is 5.69 Å². The molecule has 0 amide bonds. The van der Waals surface area contributed by atoms with Crippen LogP contribution in [0.5, 0.6) is 0 Å². The van der Waals surface area contributed by atoms with Gasteiger partial charge in [0.2, 0.25) is 0 Å². The van der Waals surface area contributed by atoms with E-state index in [1.54, 1.807) is 16.7 Å². The number of halogens is 1. The first-order chi connectivity index (χ1) is 8.74. The molecule has 0 radical (unpaired) electrons. The van der Waals surface area contributed by atoms with Crippen molar-refractivity contribution in [2.45, 2.75) is 6.54 Å². The van der Waals surface area contributed by atoms with Crippen molar-refractivity contribution in [2.75, 3.05) is 0 Å². The van der Waals surface area contributed by atoms with E-state index in [0.717, 1.165) is 5.56 Å². The molecule has 0 aliphatic rings. The summed E-state index contributed by atoms with van der Waals surface area (Å²) in [6, 6.07) is 13.2. The maximum Gasteiger partial charge on any atom is 0.327 e. The summed E-state index contributed by atoms with van der Waals surface area (Å²) in [7, 11) is 0. The van der Waals surface area contributed by atoms with Crippen LogP contribution in [0.2, 0.25) is 5.15 Å². The molecule has 2 heterocycles. The van der Waals surface area contributed by atoms with Gasteiger partial charge in [0, 0.05) is 0 Å². The fraction of sp³-hybridized carbons (Fsp3) is 0.0769. The Labute approximate surface area is 108 Å². The lowest BCUT2D eigenvalue weighted by Gasteiger charge is -2.02. The molecular weight excluding hydrogens is 250 g/mol. The van der Waals surface area contributed by atoms with E-state index in [1.165, 1.54) is 0 Å². The highest BCUT2D eigenvalue weighted by Crippen LogP contribution is 2.13. The van der Waals surface area contributed by atoms with Gasteiger partial charge in [-0.2, -0.15) is 0 Å². The standard InChI is InChI=1S/C13H10ClN3O/c14-11-7-6-10-12(16-11)17(13(18)15-10)8-9-4-2-1-3-5-9/h1-7H,8H2,(H,15,18). The minimum absolute atomic E-state index is 0.177. The van der Waals surface area contributed by atoms with Gasteiger partial charge in [-0.15, -0.1) is 0 Å². The molecule has 0 atom stereocenters. The van der Waals surface area contributed by atoms with Gasteiger partial charge < -0.3 is 4.98 Å². The largest absolute Gasteiger partial charge is 0.327 e. The third-order valence-electron chi connectivity index (χ3n) is 2.77. The fourth-order valence-electron chi connectivity index (χ4n) is 1.92. The molecule has 3 rings (SSSR count). The molecule has 0 fully saturated rings. The maximum atomic E-state index is 11.9. The molecule has 0 saturated heterocycles. The van der Waals surface area contributed by atoms with Crippen LogP contribution in [0.25, 0.3) is 11.2 Å². The van der Waals surface area contributed by atoms with Crippen LogP contribution >= 0.6 is 11.6 Å². The zero-order valence-corrected chi connectivity index (χ0v) is 10.2. The van der Waals surface area contributed by atoms with Gasteiger partial charge in [-0.1, -0.05) is 41.9 Å². The maximum absolute atomic E-state index is 11.9. The number of fused-ring (bicyclic) bond motifs is 1. The second-order valence-electron chi connectivity index (χ2n) is 4.01. The zero-order chi connectivity index (χ0) is 12.5. The SMILES string of the molecule is O=c1[nH]c2ccc(Cl)nc2n1Cc1ccccc1. The van der Waals surface area contributed by atoms with Gasteiger partial charge in [0.05, 0.1) is 12.1 Å². The summed E-state index contributed by atoms with van der Waals surface area (Å²) in [5.41, 5.74) is 2.14. The second kappa shape index (κ2) is 4.31. The van der Waals surface area contributed by atoms with Gasteiger partial charge in [-0.05, 0) is 17.7 Å². The average molecular weight is 260 g/mol. The number of imidazole rings is 1. The van der Waals surface area contributed by atoms with Crippen LogP contribution in [-0.4, -0.2) is 14.5 Å². The van der Waals surface area contributed by atoms with E-state index in [9.17, 15) is 4.79 Å². The first-order valence-electron chi connectivity index (χ1n) is 5.53. The first kappa shape index (κ1) is 11.0. The fourth-order valence-corrected chi connectivity index (χ4v) is 2.06. The number of aromatic nitrogens is 3. The van der Waals surface area contributed by atoms with Gasteiger partial charge in [0.25, 0.3) is 0 Å². The predicted octanol–water partition coefficient (Wildman–Crippen LogP) is 2.43. The first-order valence-corrected chi connectivity index (χ1v) is 5.91. The van der Waals surface area contributed by atoms with E-state index >= 15 is 0 Å². The van der Waals surface area contributed by atoms with E-state index in [-0.39, 0.29) is 5.69 Å². The number of hydrogen-bond acceptors (Lipinski definition) is 2. The minimum atomic E-state index is -0.177. The van der Waals surface area contributed by atoms with E-state index in [4.69, 9.17) is 11.6 Å². The van der Waals surface area contributed by atoms with Gasteiger partial charge in [0.1, 0.15) is 5.15 Å². The Balaban J connectivity index is 2.14. The number of H-pyrrole nitrogens is 1. The molecule has 0 unspecified atom stereocenters. The van der Waals surface area contributed by atoms with Crippen molar-refractivity contribution in [1.29, 1.82) is 0 Å². The molecule has 0 spiro atoms. The van der Waals surface area contributed by atoms with Gasteiger partial charge in [-0.25, -0.2) is 9.78 Å². The number of nitrogens with one attached hydrogen (secondary N) is 1. The van der Waals surface area contributed by atoms with Crippen molar-refractivity contribution >= 4 is 22.8 Å². The van der Waals surface area contributed by atoms with Crippen molar-refractivity contribution in [3.8, 4) is 0 Å². The van der Waals surface area contributed by atoms with Gasteiger partial charge in [-0.3, -0.25) is 4.57 Å². The average Bonchev–Trinajstić information content (AvgIpc) is 2.67. The second-order valence-corrected chi connectivity index (χ2v) is 4.39. The Morgan fingerprint density at radius 1 is 1.17 bits per heavy atom. The third kappa shape index (κ3) is 1.91. The van der Waals surface area contributed by atoms with Crippen LogP contribution in [0.1, 0.15) is 5.56 Å². The topological polar surface area (TPSA) is 50.7 Å². The molecule has 18 heavy (non-hydrogen) atoms. The lowest BCUT2D eigenvalue weighted by Crippen LogP contribution is -2.17. The van der Waals surface area contributed by atoms with Crippen molar-refractivity contribution in [2.24, 2.45) is 0 Å². The molecule has 1 aromatic carbocycles. The number of aromatic amines is 1. The van der Waals surface area contributed by atoms with Crippen LogP contribution in [-0.2, 0) is 6.54 Å². The van der Waals surface area contributed by atoms with Crippen molar-refractivity contribution in [3.05, 3.63) is 63.7 Å². The quantitative estimate of drug-likeness (QED) is 0.719. The normalized spacial score (nSPS) is 10.9. The van der Waals surface area contributed by atoms with E-state index in [1.807, 2.05) is 30.3 Å². The number of benzene rings is 1. The van der Waals surface area contributed by atoms with Crippen molar-refractivity contribution in [3.63, 3.8) is 0 Å². The molecule has 4 nitrogen and oxygen atoms in total. The molecule has 0 aliphatic carbocycles. The summed E-state index contributed by atoms with van der Waals surface area (Å²) in [5, 5.41) is 0.378. The molecule has 0 aliphatic heterocycles. The highest BCUT2D eigenvalue weighted by atomic mass is 35.5. The van der Waals surface area contributed by atoms with Crippen molar-refractivity contribution in [1.82, 2.24) is 14.5 Å². The zero-order valence-electron chi connectivity index (χ0n) is 9.43. The number of rotatable bonds is 2. The molecule has 3 aromatic rings. The summed E-state index contributed by atoms with van der Waals surface area (Å²) >= 11 is 5.86. The molecule has 90 valence electrons. The minimum Gasteiger partial charge on any atom is -0.304 e. The third-order valence-corrected chi connectivity index (χ3v) is 2.98. The lowest BCUT2D eigenvalue weighted by atomic mass is 10.2. The Kier molecular flexibility index (Phi) is 2.64. The number of pyridine rings is 1. The van der Waals surface area contributed by atoms with E-state index in [0.29, 0.717) is 22.9 Å². The summed E-state index contributed by atoms with van der Waals surface area (Å²) < 4.78 is 1.58. The number of hydrogen-bond donors (Lipinski definition) is 1. The Hall–Kier alpha value is -2.07. The molecule has 2 aromatic heterocycles. The molecule has 0 bridgehead atoms. The summed E-state index contributed by atoms with van der Waals surface area (Å²) in [4.78, 5) is 18.8. The molecular formula is C13H10ClN3O. The summed E-state index contributed by atoms with van der Waals surface area (Å²) in [6.45, 7) is 0.479. The highest BCUT2D eigenvalue weighted by Gasteiger charge is 2.08. The molecule has 0 saturated carbocycles. The van der Waals surface area contributed by atoms with Crippen LogP contribution in [0, 0.1) is 0 Å². The van der Waals surface area contributed by atoms with Gasteiger partial charge in [0.15, 0.2) is 5.65 Å². The van der Waals surface area contributed by atoms with Crippen LogP contribution in [0.3, 0.4) is 0 Å². The van der Waals surface area contributed by atoms with E-state index in [2.05, 4.69) is 9.97 Å². The molecule has 5 heteroatoms. The van der Waals surface area contributed by atoms with Crippen LogP contribution < -0.4 is 5.69 Å². The lowest BCUT2D eigenvalue weighted by molar-refractivity contribution is 0.778. The van der Waals surface area contributed by atoms with Crippen molar-refractivity contribution < 1.29 is 0 Å². The van der Waals surface area contributed by atoms with E-state index < -0.39 is 0 Å². The Morgan fingerprint density at radius 3 is 2.72 bits per heavy atom. The summed E-state index contributed by atoms with van der Waals surface area (Å²) in [5.74, 6) is 0. The Bertz CT molecular complexity index is 746. The van der Waals surface area contributed by atoms with Crippen LogP contribution in [0.15, 0.2) is 47.3 Å².